The summed E-state index contributed by atoms with van der Waals surface area (Å²) in [5.74, 6) is 0.505. The number of rotatable bonds is 3. The summed E-state index contributed by atoms with van der Waals surface area (Å²) < 4.78 is 9.76. The summed E-state index contributed by atoms with van der Waals surface area (Å²) >= 11 is 1.54. The van der Waals surface area contributed by atoms with Gasteiger partial charge in [0, 0.05) is 11.6 Å². The van der Waals surface area contributed by atoms with Crippen LogP contribution in [0.25, 0.3) is 0 Å². The van der Waals surface area contributed by atoms with Crippen molar-refractivity contribution in [2.45, 2.75) is 6.61 Å². The van der Waals surface area contributed by atoms with E-state index in [0.717, 1.165) is 5.01 Å². The number of aromatic nitrogens is 2. The van der Waals surface area contributed by atoms with E-state index in [1.165, 1.54) is 6.26 Å². The molecule has 0 aromatic carbocycles. The number of ether oxygens (including phenoxy) is 1. The van der Waals surface area contributed by atoms with Gasteiger partial charge in [0.1, 0.15) is 11.6 Å². The van der Waals surface area contributed by atoms with E-state index in [4.69, 9.17) is 4.74 Å². The monoisotopic (exact) mass is 181 g/mol. The van der Waals surface area contributed by atoms with Crippen molar-refractivity contribution in [3.8, 4) is 5.75 Å². The van der Waals surface area contributed by atoms with Crippen molar-refractivity contribution < 1.29 is 9.26 Å². The van der Waals surface area contributed by atoms with Crippen LogP contribution in [0.4, 0.5) is 0 Å². The van der Waals surface area contributed by atoms with E-state index in [1.807, 2.05) is 5.38 Å². The van der Waals surface area contributed by atoms with Gasteiger partial charge in [-0.15, -0.1) is 11.3 Å². The fourth-order valence-corrected chi connectivity index (χ4v) is 1.23. The van der Waals surface area contributed by atoms with Gasteiger partial charge < -0.3 is 9.26 Å². The highest BCUT2D eigenvalue weighted by Crippen LogP contribution is 2.11. The zero-order valence-electron chi connectivity index (χ0n) is 6.06. The Morgan fingerprint density at radius 3 is 3.33 bits per heavy atom. The second-order valence-electron chi connectivity index (χ2n) is 2.01. The molecule has 1 radical (unpaired) electrons. The summed E-state index contributed by atoms with van der Waals surface area (Å²) in [5.41, 5.74) is 0. The third-order valence-corrected chi connectivity index (χ3v) is 1.96. The van der Waals surface area contributed by atoms with Gasteiger partial charge in [-0.1, -0.05) is 5.16 Å². The Morgan fingerprint density at radius 2 is 2.67 bits per heavy atom. The lowest BCUT2D eigenvalue weighted by Gasteiger charge is -1.96. The average molecular weight is 181 g/mol. The predicted molar refractivity (Wildman–Crippen MR) is 41.8 cm³/mol. The minimum Gasteiger partial charge on any atom is -0.481 e. The lowest BCUT2D eigenvalue weighted by molar-refractivity contribution is 0.300. The first kappa shape index (κ1) is 7.30. The zero-order chi connectivity index (χ0) is 8.23. The maximum Gasteiger partial charge on any atom is 0.189 e. The van der Waals surface area contributed by atoms with Crippen LogP contribution in [0, 0.1) is 6.20 Å². The third kappa shape index (κ3) is 1.62. The topological polar surface area (TPSA) is 48.2 Å². The van der Waals surface area contributed by atoms with E-state index >= 15 is 0 Å². The summed E-state index contributed by atoms with van der Waals surface area (Å²) in [6.07, 6.45) is 5.67. The smallest absolute Gasteiger partial charge is 0.189 e. The molecule has 2 rings (SSSR count). The molecule has 0 aliphatic rings. The molecule has 0 fully saturated rings. The summed E-state index contributed by atoms with van der Waals surface area (Å²) in [5, 5.41) is 6.20. The number of hydrogen-bond acceptors (Lipinski definition) is 5. The summed E-state index contributed by atoms with van der Waals surface area (Å²) in [4.78, 5) is 4.04. The van der Waals surface area contributed by atoms with E-state index in [2.05, 4.69) is 20.9 Å². The molecule has 0 spiro atoms. The van der Waals surface area contributed by atoms with Crippen molar-refractivity contribution >= 4 is 11.3 Å². The third-order valence-electron chi connectivity index (χ3n) is 1.20. The lowest BCUT2D eigenvalue weighted by atomic mass is 10.6. The molecule has 0 amide bonds. The normalized spacial score (nSPS) is 10.0. The molecule has 0 unspecified atom stereocenters. The minimum absolute atomic E-state index is 0.440. The molecule has 5 heteroatoms. The van der Waals surface area contributed by atoms with Crippen LogP contribution < -0.4 is 4.74 Å². The van der Waals surface area contributed by atoms with Crippen LogP contribution in [-0.2, 0) is 6.61 Å². The molecular formula is C7H5N2O2S. The van der Waals surface area contributed by atoms with Crippen molar-refractivity contribution in [3.05, 3.63) is 29.0 Å². The van der Waals surface area contributed by atoms with Crippen LogP contribution in [0.1, 0.15) is 5.01 Å². The van der Waals surface area contributed by atoms with E-state index in [1.54, 1.807) is 17.5 Å². The number of thiazole rings is 1. The molecule has 2 aromatic rings. The van der Waals surface area contributed by atoms with Crippen molar-refractivity contribution in [2.75, 3.05) is 0 Å². The molecule has 0 saturated carbocycles. The quantitative estimate of drug-likeness (QED) is 0.720. The SMILES string of the molecule is [c]1nocc1OCc1nccs1. The zero-order valence-corrected chi connectivity index (χ0v) is 6.87. The molecule has 0 saturated heterocycles. The van der Waals surface area contributed by atoms with Crippen LogP contribution in [0.2, 0.25) is 0 Å². The van der Waals surface area contributed by atoms with E-state index in [0.29, 0.717) is 12.4 Å². The Balaban J connectivity index is 1.91. The van der Waals surface area contributed by atoms with Crippen molar-refractivity contribution in [1.82, 2.24) is 10.1 Å². The van der Waals surface area contributed by atoms with Crippen LogP contribution in [0.5, 0.6) is 5.75 Å². The van der Waals surface area contributed by atoms with E-state index < -0.39 is 0 Å². The Kier molecular flexibility index (Phi) is 2.04. The molecule has 0 aliphatic carbocycles. The van der Waals surface area contributed by atoms with Crippen LogP contribution >= 0.6 is 11.3 Å². The minimum atomic E-state index is 0.440. The standard InChI is InChI=1S/C7H5N2O2S/c1-2-12-7(8-1)5-10-6-3-9-11-4-6/h1-2,4H,5H2. The Hall–Kier alpha value is -1.36. The molecule has 0 aliphatic heterocycles. The first-order valence-electron chi connectivity index (χ1n) is 3.28. The second kappa shape index (κ2) is 3.36. The highest BCUT2D eigenvalue weighted by atomic mass is 32.1. The van der Waals surface area contributed by atoms with Crippen molar-refractivity contribution in [2.24, 2.45) is 0 Å². The summed E-state index contributed by atoms with van der Waals surface area (Å²) in [7, 11) is 0. The van der Waals surface area contributed by atoms with E-state index in [-0.39, 0.29) is 0 Å². The van der Waals surface area contributed by atoms with Gasteiger partial charge in [-0.25, -0.2) is 4.98 Å². The number of hydrogen-bond donors (Lipinski definition) is 0. The molecule has 12 heavy (non-hydrogen) atoms. The van der Waals surface area contributed by atoms with Gasteiger partial charge in [-0.2, -0.15) is 0 Å². The van der Waals surface area contributed by atoms with Crippen LogP contribution in [0.3, 0.4) is 0 Å². The maximum absolute atomic E-state index is 5.23. The predicted octanol–water partition coefficient (Wildman–Crippen LogP) is 1.51. The van der Waals surface area contributed by atoms with Gasteiger partial charge in [0.25, 0.3) is 0 Å². The average Bonchev–Trinajstić information content (AvgIpc) is 2.74. The Morgan fingerprint density at radius 1 is 1.67 bits per heavy atom. The Labute approximate surface area is 72.8 Å². The van der Waals surface area contributed by atoms with Gasteiger partial charge in [0.05, 0.1) is 0 Å². The molecule has 0 N–H and O–H groups in total. The van der Waals surface area contributed by atoms with Gasteiger partial charge >= 0.3 is 0 Å². The first-order valence-corrected chi connectivity index (χ1v) is 4.16. The maximum atomic E-state index is 5.23. The molecule has 61 valence electrons. The lowest BCUT2D eigenvalue weighted by Crippen LogP contribution is -1.92. The van der Waals surface area contributed by atoms with Gasteiger partial charge in [-0.3, -0.25) is 0 Å². The van der Waals surface area contributed by atoms with Crippen molar-refractivity contribution in [1.29, 1.82) is 0 Å². The molecule has 2 heterocycles. The van der Waals surface area contributed by atoms with Gasteiger partial charge in [0.2, 0.25) is 0 Å². The van der Waals surface area contributed by atoms with E-state index in [9.17, 15) is 0 Å². The highest BCUT2D eigenvalue weighted by molar-refractivity contribution is 7.09. The molecule has 4 nitrogen and oxygen atoms in total. The second-order valence-corrected chi connectivity index (χ2v) is 2.98. The highest BCUT2D eigenvalue weighted by Gasteiger charge is 1.99. The first-order chi connectivity index (χ1) is 5.95. The van der Waals surface area contributed by atoms with Crippen LogP contribution in [-0.4, -0.2) is 10.1 Å². The largest absolute Gasteiger partial charge is 0.481 e. The number of nitrogens with zero attached hydrogens (tertiary/aromatic N) is 2. The molecular weight excluding hydrogens is 176 g/mol. The molecule has 0 atom stereocenters. The van der Waals surface area contributed by atoms with Gasteiger partial charge in [0.15, 0.2) is 18.2 Å². The Bertz CT molecular complexity index is 283. The summed E-state index contributed by atoms with van der Waals surface area (Å²) in [6, 6.07) is 0. The van der Waals surface area contributed by atoms with Gasteiger partial charge in [-0.05, 0) is 0 Å². The molecule has 2 aromatic heterocycles. The fourth-order valence-electron chi connectivity index (χ4n) is 0.702. The molecule has 0 bridgehead atoms. The summed E-state index contributed by atoms with van der Waals surface area (Å²) in [6.45, 7) is 0.440. The van der Waals surface area contributed by atoms with Crippen LogP contribution in [0.15, 0.2) is 22.4 Å². The van der Waals surface area contributed by atoms with Crippen molar-refractivity contribution in [3.63, 3.8) is 0 Å². The fraction of sp³-hybridized carbons (Fsp3) is 0.143.